The van der Waals surface area contributed by atoms with Crippen LogP contribution < -0.4 is 5.32 Å². The van der Waals surface area contributed by atoms with Gasteiger partial charge in [0.2, 0.25) is 0 Å². The Bertz CT molecular complexity index is 295. The Morgan fingerprint density at radius 3 is 2.29 bits per heavy atom. The van der Waals surface area contributed by atoms with Crippen molar-refractivity contribution in [2.45, 2.75) is 65.1 Å². The van der Waals surface area contributed by atoms with Crippen molar-refractivity contribution in [2.24, 2.45) is 16.7 Å². The summed E-state index contributed by atoms with van der Waals surface area (Å²) in [7, 11) is 0. The van der Waals surface area contributed by atoms with Gasteiger partial charge in [-0.1, -0.05) is 20.8 Å². The summed E-state index contributed by atoms with van der Waals surface area (Å²) in [6.45, 7) is 9.69. The second-order valence-corrected chi connectivity index (χ2v) is 7.18. The second-order valence-electron chi connectivity index (χ2n) is 7.18. The van der Waals surface area contributed by atoms with Crippen LogP contribution in [-0.4, -0.2) is 25.3 Å². The predicted octanol–water partition coefficient (Wildman–Crippen LogP) is 2.97. The van der Waals surface area contributed by atoms with Crippen molar-refractivity contribution >= 4 is 0 Å². The van der Waals surface area contributed by atoms with E-state index in [0.29, 0.717) is 23.0 Å². The van der Waals surface area contributed by atoms with E-state index < -0.39 is 0 Å². The average Bonchev–Trinajstić information content (AvgIpc) is 2.63. The van der Waals surface area contributed by atoms with E-state index in [-0.39, 0.29) is 0 Å². The maximum Gasteiger partial charge on any atom is 0.0640 e. The number of piperidine rings is 1. The molecule has 3 fully saturated rings. The minimum absolute atomic E-state index is 0.433. The molecule has 2 nitrogen and oxygen atoms in total. The molecule has 2 bridgehead atoms. The summed E-state index contributed by atoms with van der Waals surface area (Å²) in [5, 5.41) is 3.42. The van der Waals surface area contributed by atoms with E-state index in [1.165, 1.54) is 32.1 Å². The standard InChI is InChI=1S/C15H27NO/c1-14(2)11-4-7-15(14,3)13(10-11)17-12-5-8-16-9-6-12/h11-13,16H,4-10H2,1-3H3. The van der Waals surface area contributed by atoms with Crippen LogP contribution in [0.2, 0.25) is 0 Å². The van der Waals surface area contributed by atoms with Crippen molar-refractivity contribution < 1.29 is 4.74 Å². The van der Waals surface area contributed by atoms with Crippen LogP contribution in [0, 0.1) is 16.7 Å². The van der Waals surface area contributed by atoms with Gasteiger partial charge in [0.25, 0.3) is 0 Å². The SMILES string of the molecule is CC1(C)C2CCC1(C)C(OC1CCNCC1)C2. The summed E-state index contributed by atoms with van der Waals surface area (Å²) in [5.41, 5.74) is 0.924. The quantitative estimate of drug-likeness (QED) is 0.797. The summed E-state index contributed by atoms with van der Waals surface area (Å²) >= 11 is 0. The molecule has 1 heterocycles. The normalized spacial score (nSPS) is 45.4. The molecule has 2 heteroatoms. The monoisotopic (exact) mass is 237 g/mol. The summed E-state index contributed by atoms with van der Waals surface area (Å²) in [6, 6.07) is 0. The number of hydrogen-bond donors (Lipinski definition) is 1. The van der Waals surface area contributed by atoms with Gasteiger partial charge in [0.1, 0.15) is 0 Å². The molecule has 0 aromatic carbocycles. The molecule has 3 atom stereocenters. The molecule has 0 radical (unpaired) electrons. The van der Waals surface area contributed by atoms with Crippen LogP contribution in [0.4, 0.5) is 0 Å². The van der Waals surface area contributed by atoms with Crippen LogP contribution in [-0.2, 0) is 4.74 Å². The third kappa shape index (κ3) is 1.67. The van der Waals surface area contributed by atoms with Gasteiger partial charge in [-0.15, -0.1) is 0 Å². The van der Waals surface area contributed by atoms with Crippen LogP contribution in [0.3, 0.4) is 0 Å². The highest BCUT2D eigenvalue weighted by Crippen LogP contribution is 2.66. The van der Waals surface area contributed by atoms with Gasteiger partial charge in [-0.25, -0.2) is 0 Å². The summed E-state index contributed by atoms with van der Waals surface area (Å²) in [6.07, 6.45) is 7.58. The molecule has 98 valence electrons. The molecule has 17 heavy (non-hydrogen) atoms. The van der Waals surface area contributed by atoms with Gasteiger partial charge < -0.3 is 10.1 Å². The Balaban J connectivity index is 1.69. The first kappa shape index (κ1) is 12.0. The maximum atomic E-state index is 6.48. The Labute approximate surface area is 105 Å². The lowest BCUT2D eigenvalue weighted by molar-refractivity contribution is -0.0941. The molecule has 3 unspecified atom stereocenters. The van der Waals surface area contributed by atoms with Crippen molar-refractivity contribution in [1.82, 2.24) is 5.32 Å². The van der Waals surface area contributed by atoms with Crippen molar-refractivity contribution in [3.05, 3.63) is 0 Å². The first-order valence-electron chi connectivity index (χ1n) is 7.40. The number of ether oxygens (including phenoxy) is 1. The van der Waals surface area contributed by atoms with Gasteiger partial charge in [-0.3, -0.25) is 0 Å². The van der Waals surface area contributed by atoms with Gasteiger partial charge in [-0.05, 0) is 61.9 Å². The molecule has 0 aromatic rings. The highest BCUT2D eigenvalue weighted by molar-refractivity contribution is 5.11. The molecular formula is C15H27NO. The van der Waals surface area contributed by atoms with Crippen LogP contribution in [0.25, 0.3) is 0 Å². The molecule has 1 N–H and O–H groups in total. The van der Waals surface area contributed by atoms with Gasteiger partial charge >= 0.3 is 0 Å². The van der Waals surface area contributed by atoms with Gasteiger partial charge in [0, 0.05) is 0 Å². The Morgan fingerprint density at radius 2 is 1.76 bits per heavy atom. The average molecular weight is 237 g/mol. The maximum absolute atomic E-state index is 6.48. The summed E-state index contributed by atoms with van der Waals surface area (Å²) in [5.74, 6) is 0.902. The number of rotatable bonds is 2. The number of fused-ring (bicyclic) bond motifs is 2. The Kier molecular flexibility index (Phi) is 2.79. The van der Waals surface area contributed by atoms with Crippen LogP contribution in [0.5, 0.6) is 0 Å². The summed E-state index contributed by atoms with van der Waals surface area (Å²) < 4.78 is 6.48. The zero-order valence-electron chi connectivity index (χ0n) is 11.6. The van der Waals surface area contributed by atoms with Crippen LogP contribution in [0.15, 0.2) is 0 Å². The molecule has 3 rings (SSSR count). The zero-order valence-corrected chi connectivity index (χ0v) is 11.6. The fraction of sp³-hybridized carbons (Fsp3) is 1.00. The molecule has 1 saturated heterocycles. The lowest BCUT2D eigenvalue weighted by Gasteiger charge is -2.41. The third-order valence-electron chi connectivity index (χ3n) is 6.36. The Morgan fingerprint density at radius 1 is 1.06 bits per heavy atom. The van der Waals surface area contributed by atoms with Crippen molar-refractivity contribution in [2.75, 3.05) is 13.1 Å². The first-order chi connectivity index (χ1) is 8.04. The fourth-order valence-corrected chi connectivity index (χ4v) is 4.50. The summed E-state index contributed by atoms with van der Waals surface area (Å²) in [4.78, 5) is 0. The highest BCUT2D eigenvalue weighted by Gasteiger charge is 2.62. The third-order valence-corrected chi connectivity index (χ3v) is 6.36. The van der Waals surface area contributed by atoms with E-state index in [4.69, 9.17) is 4.74 Å². The lowest BCUT2D eigenvalue weighted by atomic mass is 9.70. The molecule has 2 aliphatic carbocycles. The van der Waals surface area contributed by atoms with E-state index in [1.54, 1.807) is 0 Å². The molecule has 0 spiro atoms. The van der Waals surface area contributed by atoms with E-state index in [1.807, 2.05) is 0 Å². The van der Waals surface area contributed by atoms with Crippen LogP contribution >= 0.6 is 0 Å². The van der Waals surface area contributed by atoms with Gasteiger partial charge in [0.05, 0.1) is 12.2 Å². The first-order valence-corrected chi connectivity index (χ1v) is 7.40. The molecule has 3 aliphatic rings. The highest BCUT2D eigenvalue weighted by atomic mass is 16.5. The molecule has 1 aliphatic heterocycles. The molecule has 0 amide bonds. The van der Waals surface area contributed by atoms with E-state index in [2.05, 4.69) is 26.1 Å². The lowest BCUT2D eigenvalue weighted by Crippen LogP contribution is -2.41. The van der Waals surface area contributed by atoms with Crippen molar-refractivity contribution in [3.8, 4) is 0 Å². The number of hydrogen-bond acceptors (Lipinski definition) is 2. The van der Waals surface area contributed by atoms with E-state index in [0.717, 1.165) is 19.0 Å². The van der Waals surface area contributed by atoms with Crippen LogP contribution in [0.1, 0.15) is 52.9 Å². The predicted molar refractivity (Wildman–Crippen MR) is 70.0 cm³/mol. The largest absolute Gasteiger partial charge is 0.374 e. The van der Waals surface area contributed by atoms with E-state index >= 15 is 0 Å². The van der Waals surface area contributed by atoms with E-state index in [9.17, 15) is 0 Å². The smallest absolute Gasteiger partial charge is 0.0640 e. The van der Waals surface area contributed by atoms with Crippen molar-refractivity contribution in [3.63, 3.8) is 0 Å². The molecule has 2 saturated carbocycles. The number of nitrogens with one attached hydrogen (secondary N) is 1. The minimum atomic E-state index is 0.433. The molecular weight excluding hydrogens is 210 g/mol. The topological polar surface area (TPSA) is 21.3 Å². The second kappa shape index (κ2) is 3.96. The molecule has 0 aromatic heterocycles. The fourth-order valence-electron chi connectivity index (χ4n) is 4.50. The van der Waals surface area contributed by atoms with Gasteiger partial charge in [0.15, 0.2) is 0 Å². The zero-order chi connectivity index (χ0) is 12.1. The minimum Gasteiger partial charge on any atom is -0.374 e. The van der Waals surface area contributed by atoms with Gasteiger partial charge in [-0.2, -0.15) is 0 Å². The Hall–Kier alpha value is -0.0800. The van der Waals surface area contributed by atoms with Crippen molar-refractivity contribution in [1.29, 1.82) is 0 Å².